The van der Waals surface area contributed by atoms with Crippen molar-refractivity contribution in [3.63, 3.8) is 0 Å². The van der Waals surface area contributed by atoms with Gasteiger partial charge in [0.1, 0.15) is 0 Å². The molecule has 0 saturated heterocycles. The van der Waals surface area contributed by atoms with Crippen LogP contribution in [0.5, 0.6) is 0 Å². The molecule has 32 heavy (non-hydrogen) atoms. The lowest BCUT2D eigenvalue weighted by Gasteiger charge is -2.04. The van der Waals surface area contributed by atoms with Gasteiger partial charge in [0.05, 0.1) is 0 Å². The predicted molar refractivity (Wildman–Crippen MR) is 150 cm³/mol. The predicted octanol–water partition coefficient (Wildman–Crippen LogP) is 12.7. The minimum absolute atomic E-state index is 0.625. The van der Waals surface area contributed by atoms with Gasteiger partial charge < -0.3 is 0 Å². The SMILES string of the molecule is [2H]CCCCCCCCCCCCCCCCCCCCCCCCCCCCCC[13CH2][13CH3]. The maximum atomic E-state index is 7.15. The van der Waals surface area contributed by atoms with Crippen LogP contribution in [-0.4, -0.2) is 0 Å². The first kappa shape index (κ1) is 30.0. The van der Waals surface area contributed by atoms with Crippen LogP contribution in [-0.2, 0) is 0 Å². The lowest BCUT2D eigenvalue weighted by Crippen LogP contribution is -1.85. The Morgan fingerprint density at radius 1 is 0.250 bits per heavy atom. The quantitative estimate of drug-likeness (QED) is 0.0780. The molecule has 194 valence electrons. The maximum absolute atomic E-state index is 7.15. The van der Waals surface area contributed by atoms with E-state index in [4.69, 9.17) is 1.37 Å². The molecule has 0 aliphatic rings. The average Bonchev–Trinajstić information content (AvgIpc) is 2.83. The molecule has 0 fully saturated rings. The van der Waals surface area contributed by atoms with E-state index in [2.05, 4.69) is 6.92 Å². The van der Waals surface area contributed by atoms with Gasteiger partial charge in [-0.1, -0.05) is 206 Å². The van der Waals surface area contributed by atoms with E-state index >= 15 is 0 Å². The average molecular weight is 454 g/mol. The largest absolute Gasteiger partial charge is 0.0654 e. The van der Waals surface area contributed by atoms with Crippen molar-refractivity contribution in [1.82, 2.24) is 0 Å². The first-order chi connectivity index (χ1) is 16.4. The van der Waals surface area contributed by atoms with Crippen LogP contribution in [0.3, 0.4) is 0 Å². The van der Waals surface area contributed by atoms with Crippen molar-refractivity contribution in [2.75, 3.05) is 0 Å². The van der Waals surface area contributed by atoms with E-state index in [1.54, 1.807) is 0 Å². The van der Waals surface area contributed by atoms with Gasteiger partial charge in [0.25, 0.3) is 0 Å². The standard InChI is InChI=1S/C32H66/c1-3-5-7-9-11-13-15-17-19-21-23-25-27-29-31-32-30-28-26-24-22-20-18-16-14-12-10-8-6-4-2/h3-32H2,1-2H3/i1D,2+1,4+1. The zero-order valence-electron chi connectivity index (χ0n) is 23.9. The van der Waals surface area contributed by atoms with E-state index in [0.29, 0.717) is 6.90 Å². The van der Waals surface area contributed by atoms with Gasteiger partial charge in [-0.05, 0) is 0 Å². The summed E-state index contributed by atoms with van der Waals surface area (Å²) in [6.07, 6.45) is 43.4. The Labute approximate surface area is 207 Å². The summed E-state index contributed by atoms with van der Waals surface area (Å²) in [6, 6.07) is 0. The summed E-state index contributed by atoms with van der Waals surface area (Å²) in [5, 5.41) is 0. The second kappa shape index (κ2) is 31.0. The zero-order valence-corrected chi connectivity index (χ0v) is 22.9. The molecule has 0 rings (SSSR count). The maximum Gasteiger partial charge on any atom is 0.0230 e. The monoisotopic (exact) mass is 454 g/mol. The molecule has 0 heterocycles. The Morgan fingerprint density at radius 2 is 0.406 bits per heavy atom. The Bertz CT molecular complexity index is 284. The fourth-order valence-electron chi connectivity index (χ4n) is 5.02. The summed E-state index contributed by atoms with van der Waals surface area (Å²) in [5.74, 6) is 0. The normalized spacial score (nSPS) is 11.8. The summed E-state index contributed by atoms with van der Waals surface area (Å²) in [6.45, 7) is 2.93. The molecule has 0 aromatic rings. The van der Waals surface area contributed by atoms with E-state index in [9.17, 15) is 0 Å². The molecule has 0 aliphatic heterocycles. The Hall–Kier alpha value is 0. The number of rotatable bonds is 29. The van der Waals surface area contributed by atoms with Gasteiger partial charge in [-0.3, -0.25) is 0 Å². The van der Waals surface area contributed by atoms with Gasteiger partial charge in [0.2, 0.25) is 0 Å². The van der Waals surface area contributed by atoms with Crippen molar-refractivity contribution in [3.05, 3.63) is 0 Å². The third-order valence-corrected chi connectivity index (χ3v) is 7.35. The highest BCUT2D eigenvalue weighted by molar-refractivity contribution is 4.52. The fourth-order valence-corrected chi connectivity index (χ4v) is 5.02. The molecule has 0 N–H and O–H groups in total. The zero-order chi connectivity index (χ0) is 23.9. The van der Waals surface area contributed by atoms with Gasteiger partial charge in [0, 0.05) is 1.37 Å². The van der Waals surface area contributed by atoms with Gasteiger partial charge in [0.15, 0.2) is 0 Å². The molecule has 0 bridgehead atoms. The molecular formula is C32H66. The Morgan fingerprint density at radius 3 is 0.562 bits per heavy atom. The van der Waals surface area contributed by atoms with Gasteiger partial charge in [-0.2, -0.15) is 0 Å². The van der Waals surface area contributed by atoms with Crippen LogP contribution < -0.4 is 0 Å². The van der Waals surface area contributed by atoms with Crippen LogP contribution in [0.4, 0.5) is 0 Å². The summed E-state index contributed by atoms with van der Waals surface area (Å²) in [5.41, 5.74) is 0. The Balaban J connectivity index is 2.99. The minimum Gasteiger partial charge on any atom is -0.0654 e. The summed E-state index contributed by atoms with van der Waals surface area (Å²) in [7, 11) is 0. The van der Waals surface area contributed by atoms with Gasteiger partial charge in [-0.25, -0.2) is 0 Å². The van der Waals surface area contributed by atoms with Crippen molar-refractivity contribution < 1.29 is 1.37 Å². The van der Waals surface area contributed by atoms with E-state index in [1.165, 1.54) is 186 Å². The van der Waals surface area contributed by atoms with Crippen molar-refractivity contribution >= 4 is 0 Å². The lowest BCUT2D eigenvalue weighted by atomic mass is 10.0. The molecule has 0 spiro atoms. The molecule has 0 nitrogen and oxygen atoms in total. The fraction of sp³-hybridized carbons (Fsp3) is 1.00. The third-order valence-electron chi connectivity index (χ3n) is 7.35. The van der Waals surface area contributed by atoms with E-state index in [0.717, 1.165) is 6.42 Å². The Kier molecular flexibility index (Phi) is 29.1. The van der Waals surface area contributed by atoms with Crippen molar-refractivity contribution in [2.45, 2.75) is 206 Å². The molecule has 0 radical (unpaired) electrons. The van der Waals surface area contributed by atoms with Crippen molar-refractivity contribution in [2.24, 2.45) is 0 Å². The van der Waals surface area contributed by atoms with Crippen LogP contribution >= 0.6 is 0 Å². The van der Waals surface area contributed by atoms with Crippen LogP contribution in [0.15, 0.2) is 0 Å². The molecule has 0 aromatic heterocycles. The molecule has 0 amide bonds. The highest BCUT2D eigenvalue weighted by Crippen LogP contribution is 2.16. The second-order valence-corrected chi connectivity index (χ2v) is 10.8. The summed E-state index contributed by atoms with van der Waals surface area (Å²) < 4.78 is 7.15. The molecule has 0 aromatic carbocycles. The highest BCUT2D eigenvalue weighted by atomic mass is 14.3. The van der Waals surface area contributed by atoms with Crippen LogP contribution in [0.2, 0.25) is 0 Å². The van der Waals surface area contributed by atoms with Crippen molar-refractivity contribution in [1.29, 1.82) is 0 Å². The summed E-state index contributed by atoms with van der Waals surface area (Å²) >= 11 is 0. The molecule has 0 aliphatic carbocycles. The first-order valence-electron chi connectivity index (χ1n) is 16.4. The molecule has 0 saturated carbocycles. The summed E-state index contributed by atoms with van der Waals surface area (Å²) in [4.78, 5) is 0. The minimum atomic E-state index is 0.625. The van der Waals surface area contributed by atoms with Crippen LogP contribution in [0.1, 0.15) is 208 Å². The first-order valence-corrected chi connectivity index (χ1v) is 15.7. The van der Waals surface area contributed by atoms with Crippen molar-refractivity contribution in [3.8, 4) is 0 Å². The van der Waals surface area contributed by atoms with E-state index in [-0.39, 0.29) is 0 Å². The highest BCUT2D eigenvalue weighted by Gasteiger charge is 1.96. The van der Waals surface area contributed by atoms with E-state index < -0.39 is 0 Å². The molecule has 0 unspecified atom stereocenters. The van der Waals surface area contributed by atoms with Gasteiger partial charge in [-0.15, -0.1) is 0 Å². The van der Waals surface area contributed by atoms with Crippen LogP contribution in [0, 0.1) is 0 Å². The molecule has 0 heteroatoms. The molecule has 0 atom stereocenters. The number of hydrogen-bond donors (Lipinski definition) is 0. The third kappa shape index (κ3) is 30.0. The number of hydrogen-bond acceptors (Lipinski definition) is 0. The van der Waals surface area contributed by atoms with E-state index in [1.807, 2.05) is 0 Å². The van der Waals surface area contributed by atoms with Crippen LogP contribution in [0.25, 0.3) is 0 Å². The molecular weight excluding hydrogens is 386 g/mol. The number of unbranched alkanes of at least 4 members (excludes halogenated alkanes) is 29. The topological polar surface area (TPSA) is 0 Å². The van der Waals surface area contributed by atoms with Gasteiger partial charge >= 0.3 is 0 Å². The smallest absolute Gasteiger partial charge is 0.0230 e. The second-order valence-electron chi connectivity index (χ2n) is 10.8. The lowest BCUT2D eigenvalue weighted by molar-refractivity contribution is 0.513.